The van der Waals surface area contributed by atoms with Gasteiger partial charge in [-0.2, -0.15) is 0 Å². The van der Waals surface area contributed by atoms with E-state index in [0.29, 0.717) is 6.42 Å². The number of hydrogen-bond acceptors (Lipinski definition) is 3. The Bertz CT molecular complexity index is 277. The quantitative estimate of drug-likeness (QED) is 0.712. The molecule has 0 spiro atoms. The van der Waals surface area contributed by atoms with E-state index in [1.165, 1.54) is 0 Å². The Balaban J connectivity index is 2.71. The smallest absolute Gasteiger partial charge is 0.308 e. The van der Waals surface area contributed by atoms with Gasteiger partial charge in [-0.15, -0.1) is 0 Å². The van der Waals surface area contributed by atoms with Gasteiger partial charge in [-0.1, -0.05) is 13.8 Å². The highest BCUT2D eigenvalue weighted by Crippen LogP contribution is 2.25. The van der Waals surface area contributed by atoms with Gasteiger partial charge in [0.2, 0.25) is 5.91 Å². The predicted octanol–water partition coefficient (Wildman–Crippen LogP) is 0.326. The van der Waals surface area contributed by atoms with Crippen LogP contribution >= 0.6 is 0 Å². The average molecular weight is 229 g/mol. The van der Waals surface area contributed by atoms with E-state index in [4.69, 9.17) is 10.2 Å². The van der Waals surface area contributed by atoms with Gasteiger partial charge < -0.3 is 15.1 Å². The van der Waals surface area contributed by atoms with Crippen LogP contribution in [0.25, 0.3) is 0 Å². The van der Waals surface area contributed by atoms with Crippen LogP contribution in [0.3, 0.4) is 0 Å². The van der Waals surface area contributed by atoms with Crippen LogP contribution < -0.4 is 0 Å². The highest BCUT2D eigenvalue weighted by molar-refractivity contribution is 5.86. The van der Waals surface area contributed by atoms with Crippen molar-refractivity contribution in [3.63, 3.8) is 0 Å². The minimum atomic E-state index is -0.914. The molecule has 2 unspecified atom stereocenters. The Morgan fingerprint density at radius 1 is 1.56 bits per heavy atom. The van der Waals surface area contributed by atoms with Crippen molar-refractivity contribution in [3.8, 4) is 0 Å². The number of likely N-dealkylation sites (tertiary alicyclic amines) is 1. The van der Waals surface area contributed by atoms with Gasteiger partial charge in [0.1, 0.15) is 0 Å². The molecular formula is C11H19NO4. The molecule has 1 amide bonds. The van der Waals surface area contributed by atoms with Gasteiger partial charge in [0.05, 0.1) is 5.92 Å². The number of carbonyl (C=O) groups excluding carboxylic acids is 1. The van der Waals surface area contributed by atoms with Crippen molar-refractivity contribution in [2.75, 3.05) is 13.2 Å². The van der Waals surface area contributed by atoms with Crippen molar-refractivity contribution >= 4 is 11.9 Å². The third-order valence-electron chi connectivity index (χ3n) is 3.10. The van der Waals surface area contributed by atoms with Crippen molar-refractivity contribution in [1.82, 2.24) is 4.90 Å². The molecule has 1 aliphatic heterocycles. The fourth-order valence-electron chi connectivity index (χ4n) is 2.20. The first-order valence-electron chi connectivity index (χ1n) is 5.60. The van der Waals surface area contributed by atoms with Crippen LogP contribution in [-0.4, -0.2) is 46.2 Å². The van der Waals surface area contributed by atoms with E-state index in [0.717, 1.165) is 0 Å². The second kappa shape index (κ2) is 5.30. The second-order valence-electron chi connectivity index (χ2n) is 4.61. The molecule has 0 aromatic carbocycles. The van der Waals surface area contributed by atoms with Crippen LogP contribution in [0.2, 0.25) is 0 Å². The summed E-state index contributed by atoms with van der Waals surface area (Å²) < 4.78 is 0. The van der Waals surface area contributed by atoms with Crippen LogP contribution in [0, 0.1) is 11.8 Å². The van der Waals surface area contributed by atoms with Crippen LogP contribution in [0.5, 0.6) is 0 Å². The number of carboxylic acid groups (broad SMARTS) is 1. The number of amides is 1. The molecule has 2 atom stereocenters. The fourth-order valence-corrected chi connectivity index (χ4v) is 2.20. The van der Waals surface area contributed by atoms with Crippen molar-refractivity contribution in [1.29, 1.82) is 0 Å². The van der Waals surface area contributed by atoms with Gasteiger partial charge in [-0.3, -0.25) is 9.59 Å². The molecule has 16 heavy (non-hydrogen) atoms. The number of aliphatic hydroxyl groups is 1. The van der Waals surface area contributed by atoms with E-state index in [1.807, 2.05) is 13.8 Å². The maximum atomic E-state index is 11.7. The van der Waals surface area contributed by atoms with Gasteiger partial charge in [-0.05, 0) is 12.3 Å². The van der Waals surface area contributed by atoms with E-state index >= 15 is 0 Å². The molecule has 5 heteroatoms. The van der Waals surface area contributed by atoms with E-state index < -0.39 is 11.9 Å². The van der Waals surface area contributed by atoms with Crippen LogP contribution in [-0.2, 0) is 9.59 Å². The first-order valence-corrected chi connectivity index (χ1v) is 5.60. The number of hydrogen-bond donors (Lipinski definition) is 2. The summed E-state index contributed by atoms with van der Waals surface area (Å²) in [5.74, 6) is -1.39. The average Bonchev–Trinajstić information content (AvgIpc) is 2.56. The SMILES string of the molecule is CC(C)C(CCO)N1CC(C(=O)O)CC1=O. The molecule has 5 nitrogen and oxygen atoms in total. The molecule has 1 saturated heterocycles. The minimum Gasteiger partial charge on any atom is -0.481 e. The molecule has 0 aromatic heterocycles. The Kier molecular flexibility index (Phi) is 4.29. The molecule has 92 valence electrons. The molecule has 1 fully saturated rings. The number of carboxylic acids is 1. The van der Waals surface area contributed by atoms with Crippen molar-refractivity contribution < 1.29 is 19.8 Å². The van der Waals surface area contributed by atoms with Gasteiger partial charge >= 0.3 is 5.97 Å². The normalized spacial score (nSPS) is 22.9. The Morgan fingerprint density at radius 3 is 2.56 bits per heavy atom. The molecule has 0 bridgehead atoms. The molecule has 0 radical (unpaired) electrons. The number of aliphatic carboxylic acids is 1. The molecule has 1 rings (SSSR count). The largest absolute Gasteiger partial charge is 0.481 e. The molecule has 0 aliphatic carbocycles. The van der Waals surface area contributed by atoms with Gasteiger partial charge in [0.15, 0.2) is 0 Å². The number of carbonyl (C=O) groups is 2. The monoisotopic (exact) mass is 229 g/mol. The lowest BCUT2D eigenvalue weighted by Gasteiger charge is -2.30. The summed E-state index contributed by atoms with van der Waals surface area (Å²) >= 11 is 0. The van der Waals surface area contributed by atoms with Crippen molar-refractivity contribution in [2.45, 2.75) is 32.7 Å². The highest BCUT2D eigenvalue weighted by atomic mass is 16.4. The fraction of sp³-hybridized carbons (Fsp3) is 0.818. The summed E-state index contributed by atoms with van der Waals surface area (Å²) in [6, 6.07) is -0.0538. The van der Waals surface area contributed by atoms with E-state index in [-0.39, 0.29) is 37.4 Å². The zero-order chi connectivity index (χ0) is 12.3. The van der Waals surface area contributed by atoms with Crippen molar-refractivity contribution in [3.05, 3.63) is 0 Å². The highest BCUT2D eigenvalue weighted by Gasteiger charge is 2.38. The van der Waals surface area contributed by atoms with E-state index in [2.05, 4.69) is 0 Å². The summed E-state index contributed by atoms with van der Waals surface area (Å²) in [5.41, 5.74) is 0. The summed E-state index contributed by atoms with van der Waals surface area (Å²) in [5, 5.41) is 17.8. The van der Waals surface area contributed by atoms with Gasteiger partial charge in [0, 0.05) is 25.6 Å². The molecule has 0 saturated carbocycles. The van der Waals surface area contributed by atoms with Crippen LogP contribution in [0.4, 0.5) is 0 Å². The second-order valence-corrected chi connectivity index (χ2v) is 4.61. The Labute approximate surface area is 95.1 Å². The van der Waals surface area contributed by atoms with Crippen molar-refractivity contribution in [2.24, 2.45) is 11.8 Å². The van der Waals surface area contributed by atoms with Crippen LogP contribution in [0.15, 0.2) is 0 Å². The third kappa shape index (κ3) is 2.72. The number of rotatable bonds is 5. The standard InChI is InChI=1S/C11H19NO4/c1-7(2)9(3-4-13)12-6-8(11(15)16)5-10(12)14/h7-9,13H,3-6H2,1-2H3,(H,15,16). The summed E-state index contributed by atoms with van der Waals surface area (Å²) in [6.07, 6.45) is 0.597. The zero-order valence-corrected chi connectivity index (χ0v) is 9.72. The summed E-state index contributed by atoms with van der Waals surface area (Å²) in [7, 11) is 0. The molecule has 0 aromatic rings. The van der Waals surface area contributed by atoms with Gasteiger partial charge in [-0.25, -0.2) is 0 Å². The number of nitrogens with zero attached hydrogens (tertiary/aromatic N) is 1. The summed E-state index contributed by atoms with van der Waals surface area (Å²) in [4.78, 5) is 24.1. The maximum absolute atomic E-state index is 11.7. The van der Waals surface area contributed by atoms with E-state index in [1.54, 1.807) is 4.90 Å². The third-order valence-corrected chi connectivity index (χ3v) is 3.10. The lowest BCUT2D eigenvalue weighted by atomic mass is 10.00. The molecule has 2 N–H and O–H groups in total. The predicted molar refractivity (Wildman–Crippen MR) is 57.8 cm³/mol. The lowest BCUT2D eigenvalue weighted by molar-refractivity contribution is -0.141. The Morgan fingerprint density at radius 2 is 2.19 bits per heavy atom. The maximum Gasteiger partial charge on any atom is 0.308 e. The Hall–Kier alpha value is -1.10. The molecule has 1 heterocycles. The lowest BCUT2D eigenvalue weighted by Crippen LogP contribution is -2.41. The molecule has 1 aliphatic rings. The summed E-state index contributed by atoms with van der Waals surface area (Å²) in [6.45, 7) is 4.24. The number of aliphatic hydroxyl groups excluding tert-OH is 1. The first kappa shape index (κ1) is 13.0. The van der Waals surface area contributed by atoms with E-state index in [9.17, 15) is 9.59 Å². The van der Waals surface area contributed by atoms with Gasteiger partial charge in [0.25, 0.3) is 0 Å². The van der Waals surface area contributed by atoms with Crippen LogP contribution in [0.1, 0.15) is 26.7 Å². The topological polar surface area (TPSA) is 77.8 Å². The zero-order valence-electron chi connectivity index (χ0n) is 9.72. The minimum absolute atomic E-state index is 0.0182. The molecular weight excluding hydrogens is 210 g/mol. The first-order chi connectivity index (χ1) is 7.47.